The Bertz CT molecular complexity index is 1260. The number of ketones is 1. The van der Waals surface area contributed by atoms with Gasteiger partial charge in [-0.05, 0) is 34.7 Å². The minimum atomic E-state index is -0.949. The molecule has 0 spiro atoms. The second-order valence-electron chi connectivity index (χ2n) is 7.88. The fourth-order valence-corrected chi connectivity index (χ4v) is 3.78. The van der Waals surface area contributed by atoms with Crippen molar-refractivity contribution in [2.75, 3.05) is 0 Å². The van der Waals surface area contributed by atoms with Crippen LogP contribution in [-0.4, -0.2) is 31.6 Å². The Labute approximate surface area is 192 Å². The average Bonchev–Trinajstić information content (AvgIpc) is 3.23. The van der Waals surface area contributed by atoms with E-state index in [1.807, 2.05) is 65.3 Å². The van der Waals surface area contributed by atoms with Gasteiger partial charge < -0.3 is 5.11 Å². The highest BCUT2D eigenvalue weighted by molar-refractivity contribution is 5.96. The van der Waals surface area contributed by atoms with Crippen molar-refractivity contribution in [1.29, 1.82) is 0 Å². The quantitative estimate of drug-likeness (QED) is 0.368. The van der Waals surface area contributed by atoms with E-state index in [4.69, 9.17) is 0 Å². The van der Waals surface area contributed by atoms with Crippen molar-refractivity contribution in [2.45, 2.75) is 32.7 Å². The molecule has 1 N–H and O–H groups in total. The molecule has 0 aliphatic rings. The molecule has 0 radical (unpaired) electrons. The van der Waals surface area contributed by atoms with E-state index in [9.17, 15) is 14.7 Å². The van der Waals surface area contributed by atoms with Gasteiger partial charge in [0, 0.05) is 19.4 Å². The van der Waals surface area contributed by atoms with Crippen molar-refractivity contribution in [1.82, 2.24) is 14.8 Å². The zero-order valence-corrected chi connectivity index (χ0v) is 18.4. The first-order chi connectivity index (χ1) is 16.0. The second kappa shape index (κ2) is 10.0. The summed E-state index contributed by atoms with van der Waals surface area (Å²) in [5.41, 5.74) is 3.74. The van der Waals surface area contributed by atoms with Crippen LogP contribution >= 0.6 is 0 Å². The van der Waals surface area contributed by atoms with Crippen LogP contribution in [0, 0.1) is 0 Å². The molecule has 3 aromatic carbocycles. The van der Waals surface area contributed by atoms with Crippen molar-refractivity contribution < 1.29 is 14.7 Å². The smallest absolute Gasteiger partial charge is 0.336 e. The van der Waals surface area contributed by atoms with Crippen LogP contribution in [0.15, 0.2) is 78.9 Å². The number of aryl methyl sites for hydroxylation is 1. The van der Waals surface area contributed by atoms with Crippen LogP contribution in [0.4, 0.5) is 0 Å². The van der Waals surface area contributed by atoms with Gasteiger partial charge in [-0.3, -0.25) is 4.79 Å². The molecule has 0 saturated carbocycles. The lowest BCUT2D eigenvalue weighted by Crippen LogP contribution is -2.08. The summed E-state index contributed by atoms with van der Waals surface area (Å²) >= 11 is 0. The molecule has 33 heavy (non-hydrogen) atoms. The van der Waals surface area contributed by atoms with Gasteiger partial charge in [0.15, 0.2) is 0 Å². The average molecular weight is 440 g/mol. The van der Waals surface area contributed by atoms with Crippen molar-refractivity contribution in [3.63, 3.8) is 0 Å². The molecule has 0 bridgehead atoms. The maximum Gasteiger partial charge on any atom is 0.336 e. The molecule has 0 atom stereocenters. The molecule has 166 valence electrons. The fraction of sp³-hybridized carbons (Fsp3) is 0.185. The van der Waals surface area contributed by atoms with Gasteiger partial charge in [0.1, 0.15) is 5.82 Å². The van der Waals surface area contributed by atoms with Gasteiger partial charge >= 0.3 is 5.97 Å². The lowest BCUT2D eigenvalue weighted by Gasteiger charge is -2.08. The molecule has 6 heteroatoms. The van der Waals surface area contributed by atoms with Gasteiger partial charge in [-0.15, -0.1) is 5.10 Å². The number of Topliss-reactive ketones (excluding diaryl/α,β-unsaturated/α-hetero) is 1. The predicted octanol–water partition coefficient (Wildman–Crippen LogP) is 5.07. The van der Waals surface area contributed by atoms with Crippen molar-refractivity contribution in [2.24, 2.45) is 0 Å². The van der Waals surface area contributed by atoms with Gasteiger partial charge in [0.2, 0.25) is 11.6 Å². The van der Waals surface area contributed by atoms with E-state index < -0.39 is 5.97 Å². The van der Waals surface area contributed by atoms with Crippen LogP contribution in [0.25, 0.3) is 11.1 Å². The fourth-order valence-electron chi connectivity index (χ4n) is 3.78. The summed E-state index contributed by atoms with van der Waals surface area (Å²) in [6.07, 6.45) is 1.69. The largest absolute Gasteiger partial charge is 0.478 e. The SMILES string of the molecule is CCCn1nc(C(=O)Cc2ccccc2)nc1Cc1ccc(-c2ccccc2C(=O)O)cc1. The number of hydrogen-bond acceptors (Lipinski definition) is 4. The third-order valence-corrected chi connectivity index (χ3v) is 5.43. The Hall–Kier alpha value is -4.06. The lowest BCUT2D eigenvalue weighted by molar-refractivity contribution is 0.0697. The number of hydrogen-bond donors (Lipinski definition) is 1. The molecule has 0 unspecified atom stereocenters. The van der Waals surface area contributed by atoms with E-state index in [-0.39, 0.29) is 23.6 Å². The first kappa shape index (κ1) is 22.1. The zero-order valence-electron chi connectivity index (χ0n) is 18.4. The Morgan fingerprint density at radius 1 is 0.879 bits per heavy atom. The monoisotopic (exact) mass is 439 g/mol. The summed E-state index contributed by atoms with van der Waals surface area (Å²) in [4.78, 5) is 28.8. The summed E-state index contributed by atoms with van der Waals surface area (Å²) in [7, 11) is 0. The number of carbonyl (C=O) groups excluding carboxylic acids is 1. The van der Waals surface area contributed by atoms with Crippen LogP contribution in [0.3, 0.4) is 0 Å². The van der Waals surface area contributed by atoms with Crippen LogP contribution in [0.2, 0.25) is 0 Å². The Morgan fingerprint density at radius 2 is 1.58 bits per heavy atom. The van der Waals surface area contributed by atoms with Crippen molar-refractivity contribution in [3.8, 4) is 11.1 Å². The minimum Gasteiger partial charge on any atom is -0.478 e. The van der Waals surface area contributed by atoms with Crippen LogP contribution < -0.4 is 0 Å². The first-order valence-electron chi connectivity index (χ1n) is 11.0. The molecule has 0 saturated heterocycles. The summed E-state index contributed by atoms with van der Waals surface area (Å²) in [6.45, 7) is 2.75. The van der Waals surface area contributed by atoms with Crippen molar-refractivity contribution in [3.05, 3.63) is 107 Å². The van der Waals surface area contributed by atoms with E-state index >= 15 is 0 Å². The number of aromatic carboxylic acids is 1. The van der Waals surface area contributed by atoms with E-state index in [0.29, 0.717) is 18.5 Å². The number of rotatable bonds is 9. The maximum atomic E-state index is 12.7. The first-order valence-corrected chi connectivity index (χ1v) is 11.0. The number of aromatic nitrogens is 3. The van der Waals surface area contributed by atoms with E-state index in [1.165, 1.54) is 0 Å². The van der Waals surface area contributed by atoms with E-state index in [2.05, 4.69) is 17.0 Å². The summed E-state index contributed by atoms with van der Waals surface area (Å²) < 4.78 is 1.81. The third kappa shape index (κ3) is 5.23. The highest BCUT2D eigenvalue weighted by atomic mass is 16.4. The molecule has 1 aromatic heterocycles. The highest BCUT2D eigenvalue weighted by Gasteiger charge is 2.17. The number of carboxylic acid groups (broad SMARTS) is 1. The molecular formula is C27H25N3O3. The number of nitrogens with zero attached hydrogens (tertiary/aromatic N) is 3. The standard InChI is InChI=1S/C27H25N3O3/c1-2-16-30-25(28-26(29-30)24(31)17-19-8-4-3-5-9-19)18-20-12-14-21(15-13-20)22-10-6-7-11-23(22)27(32)33/h3-15H,2,16-18H2,1H3,(H,32,33). The van der Waals surface area contributed by atoms with Crippen LogP contribution in [0.1, 0.15) is 51.3 Å². The Balaban J connectivity index is 1.55. The molecule has 1 heterocycles. The van der Waals surface area contributed by atoms with Gasteiger partial charge in [0.25, 0.3) is 0 Å². The lowest BCUT2D eigenvalue weighted by atomic mass is 9.98. The Morgan fingerprint density at radius 3 is 2.27 bits per heavy atom. The zero-order chi connectivity index (χ0) is 23.2. The van der Waals surface area contributed by atoms with Gasteiger partial charge in [0.05, 0.1) is 5.56 Å². The Kier molecular flexibility index (Phi) is 6.74. The highest BCUT2D eigenvalue weighted by Crippen LogP contribution is 2.24. The summed E-state index contributed by atoms with van der Waals surface area (Å²) in [5, 5.41) is 13.9. The van der Waals surface area contributed by atoms with Gasteiger partial charge in [-0.2, -0.15) is 0 Å². The normalized spacial score (nSPS) is 10.8. The minimum absolute atomic E-state index is 0.0991. The van der Waals surface area contributed by atoms with Gasteiger partial charge in [-0.1, -0.05) is 79.7 Å². The molecule has 0 aliphatic carbocycles. The van der Waals surface area contributed by atoms with Crippen LogP contribution in [0.5, 0.6) is 0 Å². The van der Waals surface area contributed by atoms with Crippen molar-refractivity contribution >= 4 is 11.8 Å². The number of carbonyl (C=O) groups is 2. The summed E-state index contributed by atoms with van der Waals surface area (Å²) in [5.74, 6) is -0.0609. The van der Waals surface area contributed by atoms with E-state index in [1.54, 1.807) is 18.2 Å². The molecule has 0 fully saturated rings. The topological polar surface area (TPSA) is 85.1 Å². The van der Waals surface area contributed by atoms with Gasteiger partial charge in [-0.25, -0.2) is 14.5 Å². The second-order valence-corrected chi connectivity index (χ2v) is 7.88. The molecular weight excluding hydrogens is 414 g/mol. The molecule has 0 amide bonds. The van der Waals surface area contributed by atoms with Crippen LogP contribution in [-0.2, 0) is 19.4 Å². The third-order valence-electron chi connectivity index (χ3n) is 5.43. The molecule has 4 aromatic rings. The van der Waals surface area contributed by atoms with E-state index in [0.717, 1.165) is 28.9 Å². The number of benzene rings is 3. The predicted molar refractivity (Wildman–Crippen MR) is 126 cm³/mol. The number of carboxylic acids is 1. The maximum absolute atomic E-state index is 12.7. The molecule has 0 aliphatic heterocycles. The molecule has 6 nitrogen and oxygen atoms in total. The summed E-state index contributed by atoms with van der Waals surface area (Å²) in [6, 6.07) is 24.3. The molecule has 4 rings (SSSR count).